The van der Waals surface area contributed by atoms with Gasteiger partial charge in [0.2, 0.25) is 5.88 Å². The molecule has 8 heteroatoms. The zero-order chi connectivity index (χ0) is 22.2. The van der Waals surface area contributed by atoms with E-state index in [4.69, 9.17) is 9.47 Å². The van der Waals surface area contributed by atoms with E-state index >= 15 is 0 Å². The lowest BCUT2D eigenvalue weighted by atomic mass is 10.2. The number of nitrogens with one attached hydrogen (secondary N) is 1. The molecule has 1 N–H and O–H groups in total. The summed E-state index contributed by atoms with van der Waals surface area (Å²) >= 11 is 1.69. The number of amides is 1. The van der Waals surface area contributed by atoms with E-state index in [0.717, 1.165) is 27.6 Å². The fraction of sp³-hybridized carbons (Fsp3) is 0.208. The number of carbonyl (C=O) groups is 1. The van der Waals surface area contributed by atoms with Crippen LogP contribution in [0.1, 0.15) is 21.6 Å². The maximum Gasteiger partial charge on any atom is 0.251 e. The minimum absolute atomic E-state index is 0.123. The number of pyridine rings is 2. The molecule has 0 aliphatic heterocycles. The topological polar surface area (TPSA) is 77.8 Å². The lowest BCUT2D eigenvalue weighted by Crippen LogP contribution is -2.22. The molecule has 0 radical (unpaired) electrons. The second-order valence-electron chi connectivity index (χ2n) is 7.04. The first kappa shape index (κ1) is 21.9. The number of rotatable bonds is 10. The molecule has 0 bridgehead atoms. The highest BCUT2D eigenvalue weighted by atomic mass is 32.2. The number of fused-ring (bicyclic) bond motifs is 1. The average molecular weight is 449 g/mol. The zero-order valence-electron chi connectivity index (χ0n) is 17.7. The predicted octanol–water partition coefficient (Wildman–Crippen LogP) is 3.98. The van der Waals surface area contributed by atoms with Crippen molar-refractivity contribution in [3.8, 4) is 5.88 Å². The number of hydrogen-bond acceptors (Lipinski definition) is 6. The van der Waals surface area contributed by atoms with Gasteiger partial charge in [-0.25, -0.2) is 9.97 Å². The zero-order valence-corrected chi connectivity index (χ0v) is 18.5. The van der Waals surface area contributed by atoms with Crippen LogP contribution in [-0.4, -0.2) is 40.6 Å². The predicted molar refractivity (Wildman–Crippen MR) is 124 cm³/mol. The minimum atomic E-state index is -0.123. The van der Waals surface area contributed by atoms with Crippen LogP contribution in [0.5, 0.6) is 5.88 Å². The molecule has 0 aliphatic rings. The molecule has 0 atom stereocenters. The van der Waals surface area contributed by atoms with E-state index in [2.05, 4.69) is 15.3 Å². The molecular formula is C24H24N4O3S. The molecule has 4 aromatic rings. The second kappa shape index (κ2) is 10.8. The van der Waals surface area contributed by atoms with Gasteiger partial charge in [-0.2, -0.15) is 0 Å². The van der Waals surface area contributed by atoms with Gasteiger partial charge in [-0.3, -0.25) is 4.79 Å². The molecule has 0 saturated heterocycles. The summed E-state index contributed by atoms with van der Waals surface area (Å²) in [4.78, 5) is 22.4. The first-order valence-corrected chi connectivity index (χ1v) is 11.2. The van der Waals surface area contributed by atoms with Crippen molar-refractivity contribution in [1.29, 1.82) is 0 Å². The number of ether oxygens (including phenoxy) is 2. The Kier molecular flexibility index (Phi) is 7.37. The highest BCUT2D eigenvalue weighted by molar-refractivity contribution is 7.98. The molecule has 3 aromatic heterocycles. The fourth-order valence-electron chi connectivity index (χ4n) is 3.03. The molecule has 0 aliphatic carbocycles. The Labute approximate surface area is 190 Å². The largest absolute Gasteiger partial charge is 0.475 e. The highest BCUT2D eigenvalue weighted by Crippen LogP contribution is 2.23. The maximum absolute atomic E-state index is 12.5. The van der Waals surface area contributed by atoms with Gasteiger partial charge >= 0.3 is 0 Å². The van der Waals surface area contributed by atoms with Crippen molar-refractivity contribution in [2.45, 2.75) is 17.2 Å². The summed E-state index contributed by atoms with van der Waals surface area (Å²) in [5.74, 6) is 1.18. The summed E-state index contributed by atoms with van der Waals surface area (Å²) in [5, 5.41) is 2.92. The molecule has 1 aromatic carbocycles. The van der Waals surface area contributed by atoms with Crippen LogP contribution < -0.4 is 10.1 Å². The number of nitrogens with zero attached hydrogens (tertiary/aromatic N) is 3. The number of imidazole rings is 1. The summed E-state index contributed by atoms with van der Waals surface area (Å²) in [5.41, 5.74) is 3.48. The summed E-state index contributed by atoms with van der Waals surface area (Å²) in [7, 11) is 1.62. The van der Waals surface area contributed by atoms with Crippen LogP contribution in [-0.2, 0) is 17.0 Å². The number of methoxy groups -OCH3 is 1. The van der Waals surface area contributed by atoms with Crippen molar-refractivity contribution in [2.75, 3.05) is 20.3 Å². The van der Waals surface area contributed by atoms with E-state index in [1.807, 2.05) is 65.3 Å². The molecule has 3 heterocycles. The van der Waals surface area contributed by atoms with E-state index in [1.165, 1.54) is 0 Å². The summed E-state index contributed by atoms with van der Waals surface area (Å²) < 4.78 is 12.4. The highest BCUT2D eigenvalue weighted by Gasteiger charge is 2.07. The maximum atomic E-state index is 12.5. The standard InChI is InChI=1S/C24H24N4O3S/c1-30-12-13-31-23-10-5-18(14-25-23)15-26-24(29)19-6-8-21(9-7-19)32-17-20-16-28-11-3-2-4-22(28)27-20/h2-11,14,16H,12-13,15,17H2,1H3,(H,26,29). The quantitative estimate of drug-likeness (QED) is 0.292. The number of hydrogen-bond donors (Lipinski definition) is 1. The smallest absolute Gasteiger partial charge is 0.251 e. The van der Waals surface area contributed by atoms with Gasteiger partial charge < -0.3 is 19.2 Å². The Balaban J connectivity index is 1.25. The van der Waals surface area contributed by atoms with Crippen molar-refractivity contribution in [2.24, 2.45) is 0 Å². The Morgan fingerprint density at radius 2 is 1.97 bits per heavy atom. The summed E-state index contributed by atoms with van der Waals surface area (Å²) in [6, 6.07) is 17.2. The van der Waals surface area contributed by atoms with Crippen molar-refractivity contribution in [3.05, 3.63) is 90.0 Å². The minimum Gasteiger partial charge on any atom is -0.475 e. The monoisotopic (exact) mass is 448 g/mol. The van der Waals surface area contributed by atoms with Crippen LogP contribution in [0.25, 0.3) is 5.65 Å². The normalized spacial score (nSPS) is 10.9. The van der Waals surface area contributed by atoms with Crippen molar-refractivity contribution >= 4 is 23.3 Å². The number of aromatic nitrogens is 3. The van der Waals surface area contributed by atoms with Crippen LogP contribution in [0, 0.1) is 0 Å². The van der Waals surface area contributed by atoms with Gasteiger partial charge in [-0.1, -0.05) is 12.1 Å². The number of carbonyl (C=O) groups excluding carboxylic acids is 1. The summed E-state index contributed by atoms with van der Waals surface area (Å²) in [6.07, 6.45) is 5.73. The van der Waals surface area contributed by atoms with E-state index in [0.29, 0.717) is 31.2 Å². The van der Waals surface area contributed by atoms with Gasteiger partial charge in [-0.05, 0) is 42.0 Å². The third-order valence-electron chi connectivity index (χ3n) is 4.71. The van der Waals surface area contributed by atoms with Crippen molar-refractivity contribution in [1.82, 2.24) is 19.7 Å². The van der Waals surface area contributed by atoms with Crippen molar-refractivity contribution in [3.63, 3.8) is 0 Å². The van der Waals surface area contributed by atoms with Gasteiger partial charge in [0.15, 0.2) is 0 Å². The van der Waals surface area contributed by atoms with E-state index < -0.39 is 0 Å². The Morgan fingerprint density at radius 3 is 2.72 bits per heavy atom. The average Bonchev–Trinajstić information content (AvgIpc) is 3.26. The van der Waals surface area contributed by atoms with Crippen LogP contribution >= 0.6 is 11.8 Å². The third-order valence-corrected chi connectivity index (χ3v) is 5.75. The molecular weight excluding hydrogens is 424 g/mol. The van der Waals surface area contributed by atoms with Crippen LogP contribution in [0.3, 0.4) is 0 Å². The van der Waals surface area contributed by atoms with Gasteiger partial charge in [0.05, 0.1) is 12.3 Å². The van der Waals surface area contributed by atoms with Gasteiger partial charge in [-0.15, -0.1) is 11.8 Å². The van der Waals surface area contributed by atoms with Crippen LogP contribution in [0.15, 0.2) is 78.1 Å². The Morgan fingerprint density at radius 1 is 1.09 bits per heavy atom. The van der Waals surface area contributed by atoms with E-state index in [9.17, 15) is 4.79 Å². The molecule has 164 valence electrons. The molecule has 4 rings (SSSR count). The number of thioether (sulfide) groups is 1. The van der Waals surface area contributed by atoms with Crippen LogP contribution in [0.4, 0.5) is 0 Å². The SMILES string of the molecule is COCCOc1ccc(CNC(=O)c2ccc(SCc3cn4ccccc4n3)cc2)cn1. The molecule has 0 fully saturated rings. The Bertz CT molecular complexity index is 1130. The molecule has 32 heavy (non-hydrogen) atoms. The lowest BCUT2D eigenvalue weighted by molar-refractivity contribution is 0.0951. The molecule has 1 amide bonds. The summed E-state index contributed by atoms with van der Waals surface area (Å²) in [6.45, 7) is 1.36. The van der Waals surface area contributed by atoms with E-state index in [-0.39, 0.29) is 5.91 Å². The lowest BCUT2D eigenvalue weighted by Gasteiger charge is -2.08. The fourth-order valence-corrected chi connectivity index (χ4v) is 3.81. The van der Waals surface area contributed by atoms with Crippen molar-refractivity contribution < 1.29 is 14.3 Å². The second-order valence-corrected chi connectivity index (χ2v) is 8.09. The van der Waals surface area contributed by atoms with Gasteiger partial charge in [0, 0.05) is 54.5 Å². The molecule has 0 unspecified atom stereocenters. The first-order valence-electron chi connectivity index (χ1n) is 10.2. The van der Waals surface area contributed by atoms with Gasteiger partial charge in [0.1, 0.15) is 12.3 Å². The molecule has 0 saturated carbocycles. The number of benzene rings is 1. The Hall–Kier alpha value is -3.36. The molecule has 0 spiro atoms. The van der Waals surface area contributed by atoms with E-state index in [1.54, 1.807) is 31.1 Å². The third kappa shape index (κ3) is 5.87. The first-order chi connectivity index (χ1) is 15.7. The van der Waals surface area contributed by atoms with Crippen LogP contribution in [0.2, 0.25) is 0 Å². The van der Waals surface area contributed by atoms with Gasteiger partial charge in [0.25, 0.3) is 5.91 Å². The molecule has 7 nitrogen and oxygen atoms in total.